The third-order valence-corrected chi connectivity index (χ3v) is 5.63. The summed E-state index contributed by atoms with van der Waals surface area (Å²) in [4.78, 5) is 38.0. The normalized spacial score (nSPS) is 15.4. The van der Waals surface area contributed by atoms with Gasteiger partial charge in [0.1, 0.15) is 5.82 Å². The summed E-state index contributed by atoms with van der Waals surface area (Å²) >= 11 is 0.762. The van der Waals surface area contributed by atoms with Crippen molar-refractivity contribution in [3.63, 3.8) is 0 Å². The van der Waals surface area contributed by atoms with Gasteiger partial charge in [-0.1, -0.05) is 18.2 Å². The van der Waals surface area contributed by atoms with Crippen LogP contribution in [0, 0.1) is 19.7 Å². The molecule has 2 aromatic rings. The lowest BCUT2D eigenvalue weighted by atomic mass is 10.1. The van der Waals surface area contributed by atoms with Crippen LogP contribution in [-0.4, -0.2) is 44.8 Å². The quantitative estimate of drug-likeness (QED) is 0.732. The number of carbonyl (C=O) groups is 3. The van der Waals surface area contributed by atoms with Crippen LogP contribution < -0.4 is 5.32 Å². The highest BCUT2D eigenvalue weighted by Crippen LogP contribution is 2.32. The lowest BCUT2D eigenvalue weighted by Crippen LogP contribution is -2.37. The molecule has 9 heteroatoms. The van der Waals surface area contributed by atoms with Gasteiger partial charge in [0, 0.05) is 37.0 Å². The Morgan fingerprint density at radius 2 is 2.00 bits per heavy atom. The average molecular weight is 416 g/mol. The summed E-state index contributed by atoms with van der Waals surface area (Å²) in [5.41, 5.74) is 2.82. The minimum atomic E-state index is -0.489. The van der Waals surface area contributed by atoms with Crippen LogP contribution in [0.1, 0.15) is 22.5 Å². The van der Waals surface area contributed by atoms with E-state index in [4.69, 9.17) is 0 Å². The molecule has 0 aliphatic carbocycles. The largest absolute Gasteiger partial charge is 0.354 e. The van der Waals surface area contributed by atoms with Crippen molar-refractivity contribution in [2.24, 2.45) is 7.05 Å². The molecule has 29 heavy (non-hydrogen) atoms. The van der Waals surface area contributed by atoms with Gasteiger partial charge in [-0.25, -0.2) is 4.39 Å². The number of benzene rings is 1. The number of thioether (sulfide) groups is 1. The number of carbonyl (C=O) groups excluding carboxylic acids is 3. The lowest BCUT2D eigenvalue weighted by Gasteiger charge is -2.13. The molecule has 1 aliphatic heterocycles. The van der Waals surface area contributed by atoms with Crippen LogP contribution in [0.5, 0.6) is 0 Å². The maximum atomic E-state index is 13.8. The number of aryl methyl sites for hydroxylation is 2. The minimum Gasteiger partial charge on any atom is -0.354 e. The Balaban J connectivity index is 1.57. The molecule has 1 aromatic heterocycles. The van der Waals surface area contributed by atoms with E-state index in [0.29, 0.717) is 0 Å². The fourth-order valence-corrected chi connectivity index (χ4v) is 3.89. The number of amides is 3. The summed E-state index contributed by atoms with van der Waals surface area (Å²) in [7, 11) is 1.82. The predicted molar refractivity (Wildman–Crippen MR) is 108 cm³/mol. The van der Waals surface area contributed by atoms with Crippen LogP contribution in [0.15, 0.2) is 29.2 Å². The molecule has 0 spiro atoms. The molecule has 0 saturated carbocycles. The van der Waals surface area contributed by atoms with Crippen LogP contribution in [0.25, 0.3) is 6.08 Å². The van der Waals surface area contributed by atoms with E-state index in [1.165, 1.54) is 18.2 Å². The van der Waals surface area contributed by atoms with Gasteiger partial charge < -0.3 is 5.32 Å². The van der Waals surface area contributed by atoms with Crippen molar-refractivity contribution in [2.45, 2.75) is 20.3 Å². The number of imide groups is 1. The number of hydrogen-bond acceptors (Lipinski definition) is 5. The van der Waals surface area contributed by atoms with Crippen LogP contribution in [0.3, 0.4) is 0 Å². The Morgan fingerprint density at radius 1 is 1.28 bits per heavy atom. The molecule has 2 heterocycles. The summed E-state index contributed by atoms with van der Waals surface area (Å²) in [6.45, 7) is 3.93. The molecule has 0 atom stereocenters. The lowest BCUT2D eigenvalue weighted by molar-refractivity contribution is -0.124. The molecule has 7 nitrogen and oxygen atoms in total. The highest BCUT2D eigenvalue weighted by molar-refractivity contribution is 8.18. The molecule has 152 valence electrons. The van der Waals surface area contributed by atoms with E-state index in [9.17, 15) is 18.8 Å². The monoisotopic (exact) mass is 416 g/mol. The summed E-state index contributed by atoms with van der Waals surface area (Å²) in [6, 6.07) is 6.03. The smallest absolute Gasteiger partial charge is 0.293 e. The van der Waals surface area contributed by atoms with Crippen molar-refractivity contribution in [1.29, 1.82) is 0 Å². The molecule has 0 radical (unpaired) electrons. The SMILES string of the molecule is Cc1nn(C)c(C)c1CC(=O)NCCN1C(=O)S/C(=C\c2ccccc2F)C1=O. The first kappa shape index (κ1) is 20.8. The van der Waals surface area contributed by atoms with E-state index in [0.717, 1.165) is 33.6 Å². The highest BCUT2D eigenvalue weighted by Gasteiger charge is 2.34. The number of rotatable bonds is 6. The molecule has 3 rings (SSSR count). The number of hydrogen-bond donors (Lipinski definition) is 1. The second-order valence-electron chi connectivity index (χ2n) is 6.65. The second-order valence-corrected chi connectivity index (χ2v) is 7.65. The maximum Gasteiger partial charge on any atom is 0.293 e. The van der Waals surface area contributed by atoms with Gasteiger partial charge in [-0.2, -0.15) is 5.10 Å². The zero-order chi connectivity index (χ0) is 21.1. The van der Waals surface area contributed by atoms with Crippen LogP contribution >= 0.6 is 11.8 Å². The predicted octanol–water partition coefficient (Wildman–Crippen LogP) is 2.57. The first-order chi connectivity index (χ1) is 13.8. The van der Waals surface area contributed by atoms with Crippen molar-refractivity contribution < 1.29 is 18.8 Å². The van der Waals surface area contributed by atoms with E-state index >= 15 is 0 Å². The number of nitrogens with one attached hydrogen (secondary N) is 1. The second kappa shape index (κ2) is 8.60. The van der Waals surface area contributed by atoms with Crippen molar-refractivity contribution in [1.82, 2.24) is 20.0 Å². The third kappa shape index (κ3) is 4.56. The van der Waals surface area contributed by atoms with E-state index in [1.54, 1.807) is 16.8 Å². The van der Waals surface area contributed by atoms with Crippen molar-refractivity contribution in [3.8, 4) is 0 Å². The molecule has 1 N–H and O–H groups in total. The zero-order valence-corrected chi connectivity index (χ0v) is 17.2. The van der Waals surface area contributed by atoms with Crippen molar-refractivity contribution in [2.75, 3.05) is 13.1 Å². The highest BCUT2D eigenvalue weighted by atomic mass is 32.2. The van der Waals surface area contributed by atoms with Crippen LogP contribution in [0.4, 0.5) is 9.18 Å². The van der Waals surface area contributed by atoms with E-state index in [1.807, 2.05) is 20.9 Å². The Labute approximate surface area is 171 Å². The van der Waals surface area contributed by atoms with Gasteiger partial charge in [0.2, 0.25) is 5.91 Å². The summed E-state index contributed by atoms with van der Waals surface area (Å²) in [5, 5.41) is 6.57. The average Bonchev–Trinajstić information content (AvgIpc) is 3.07. The summed E-state index contributed by atoms with van der Waals surface area (Å²) in [6.07, 6.45) is 1.55. The summed E-state index contributed by atoms with van der Waals surface area (Å²) < 4.78 is 15.5. The van der Waals surface area contributed by atoms with Gasteiger partial charge in [0.25, 0.3) is 11.1 Å². The van der Waals surface area contributed by atoms with Gasteiger partial charge in [-0.05, 0) is 37.8 Å². The topological polar surface area (TPSA) is 84.3 Å². The van der Waals surface area contributed by atoms with Gasteiger partial charge in [0.15, 0.2) is 0 Å². The molecule has 0 unspecified atom stereocenters. The third-order valence-electron chi connectivity index (χ3n) is 4.72. The Morgan fingerprint density at radius 3 is 2.66 bits per heavy atom. The van der Waals surface area contributed by atoms with E-state index in [2.05, 4.69) is 10.4 Å². The molecule has 0 bridgehead atoms. The molecular weight excluding hydrogens is 395 g/mol. The standard InChI is InChI=1S/C20H21FN4O3S/c1-12-15(13(2)24(3)23-12)11-18(26)22-8-9-25-19(27)17(29-20(25)28)10-14-6-4-5-7-16(14)21/h4-7,10H,8-9,11H2,1-3H3,(H,22,26)/b17-10-. The summed E-state index contributed by atoms with van der Waals surface area (Å²) in [5.74, 6) is -1.16. The zero-order valence-electron chi connectivity index (χ0n) is 16.4. The molecule has 1 saturated heterocycles. The first-order valence-electron chi connectivity index (χ1n) is 9.03. The number of halogens is 1. The molecular formula is C20H21FN4O3S. The molecule has 1 aliphatic rings. The fourth-order valence-electron chi connectivity index (χ4n) is 3.03. The number of aromatic nitrogens is 2. The van der Waals surface area contributed by atoms with Crippen LogP contribution in [-0.2, 0) is 23.1 Å². The van der Waals surface area contributed by atoms with Gasteiger partial charge in [-0.15, -0.1) is 0 Å². The van der Waals surface area contributed by atoms with Crippen LogP contribution in [0.2, 0.25) is 0 Å². The fraction of sp³-hybridized carbons (Fsp3) is 0.300. The Hall–Kier alpha value is -2.94. The molecule has 3 amide bonds. The van der Waals surface area contributed by atoms with Crippen molar-refractivity contribution in [3.05, 3.63) is 57.5 Å². The van der Waals surface area contributed by atoms with Gasteiger partial charge in [0.05, 0.1) is 17.0 Å². The maximum absolute atomic E-state index is 13.8. The van der Waals surface area contributed by atoms with Crippen molar-refractivity contribution >= 4 is 34.9 Å². The minimum absolute atomic E-state index is 0.0516. The van der Waals surface area contributed by atoms with E-state index in [-0.39, 0.29) is 35.9 Å². The molecule has 1 fully saturated rings. The Bertz CT molecular complexity index is 1020. The Kier molecular flexibility index (Phi) is 6.17. The number of nitrogens with zero attached hydrogens (tertiary/aromatic N) is 3. The first-order valence-corrected chi connectivity index (χ1v) is 9.85. The van der Waals surface area contributed by atoms with Gasteiger partial charge in [-0.3, -0.25) is 24.0 Å². The van der Waals surface area contributed by atoms with E-state index < -0.39 is 17.0 Å². The van der Waals surface area contributed by atoms with Gasteiger partial charge >= 0.3 is 0 Å². The molecule has 1 aromatic carbocycles.